The van der Waals surface area contributed by atoms with Crippen molar-refractivity contribution in [2.45, 2.75) is 11.8 Å². The van der Waals surface area contributed by atoms with E-state index in [0.717, 1.165) is 6.92 Å². The molecule has 0 aliphatic heterocycles. The van der Waals surface area contributed by atoms with Gasteiger partial charge in [0.25, 0.3) is 0 Å². The van der Waals surface area contributed by atoms with Crippen LogP contribution in [0.25, 0.3) is 0 Å². The Balaban J connectivity index is 3.02. The van der Waals surface area contributed by atoms with Crippen molar-refractivity contribution in [2.24, 2.45) is 0 Å². The first-order chi connectivity index (χ1) is 6.02. The van der Waals surface area contributed by atoms with Crippen LogP contribution in [0.2, 0.25) is 0 Å². The second-order valence-corrected chi connectivity index (χ2v) is 3.77. The Morgan fingerprint density at radius 2 is 2.15 bits per heavy atom. The van der Waals surface area contributed by atoms with Crippen LogP contribution in [0.15, 0.2) is 29.2 Å². The van der Waals surface area contributed by atoms with Gasteiger partial charge in [0.1, 0.15) is 4.90 Å². The van der Waals surface area contributed by atoms with Gasteiger partial charge in [-0.1, -0.05) is 18.2 Å². The predicted molar refractivity (Wildman–Crippen MR) is 44.2 cm³/mol. The van der Waals surface area contributed by atoms with Crippen LogP contribution in [0.1, 0.15) is 6.92 Å². The minimum absolute atomic E-state index is 0.148. The number of hydrogen-bond acceptors (Lipinski definition) is 4. The molecule has 0 heterocycles. The van der Waals surface area contributed by atoms with Crippen molar-refractivity contribution in [1.29, 1.82) is 0 Å². The Bertz CT molecular complexity index is 393. The van der Waals surface area contributed by atoms with Crippen LogP contribution >= 0.6 is 0 Å². The van der Waals surface area contributed by atoms with Crippen molar-refractivity contribution in [3.63, 3.8) is 0 Å². The summed E-state index contributed by atoms with van der Waals surface area (Å²) >= 11 is 0. The van der Waals surface area contributed by atoms with Gasteiger partial charge < -0.3 is 4.18 Å². The molecule has 0 saturated carbocycles. The molecule has 1 aromatic carbocycles. The molecule has 0 spiro atoms. The molecule has 0 aliphatic carbocycles. The smallest absolute Gasteiger partial charge is 0.342 e. The Kier molecular flexibility index (Phi) is 2.67. The summed E-state index contributed by atoms with van der Waals surface area (Å²) in [6.45, 7) is 1.03. The largest absolute Gasteiger partial charge is 0.343 e. The van der Waals surface area contributed by atoms with Gasteiger partial charge in [-0.15, -0.1) is 0 Å². The zero-order chi connectivity index (χ0) is 9.90. The summed E-state index contributed by atoms with van der Waals surface area (Å²) in [5.41, 5.74) is 0. The highest BCUT2D eigenvalue weighted by molar-refractivity contribution is 7.87. The van der Waals surface area contributed by atoms with E-state index in [1.807, 2.05) is 0 Å². The van der Waals surface area contributed by atoms with Gasteiger partial charge in [0.2, 0.25) is 0 Å². The summed E-state index contributed by atoms with van der Waals surface area (Å²) in [6.07, 6.45) is 0. The first-order valence-corrected chi connectivity index (χ1v) is 4.85. The van der Waals surface area contributed by atoms with Crippen LogP contribution in [-0.2, 0) is 19.1 Å². The van der Waals surface area contributed by atoms with Crippen LogP contribution in [0.5, 0.6) is 0 Å². The molecule has 1 rings (SSSR count). The first-order valence-electron chi connectivity index (χ1n) is 3.44. The predicted octanol–water partition coefficient (Wildman–Crippen LogP) is 0.739. The van der Waals surface area contributed by atoms with Crippen molar-refractivity contribution in [3.05, 3.63) is 30.3 Å². The molecule has 0 bridgehead atoms. The fourth-order valence-corrected chi connectivity index (χ4v) is 1.59. The van der Waals surface area contributed by atoms with E-state index >= 15 is 0 Å². The zero-order valence-corrected chi connectivity index (χ0v) is 7.67. The highest BCUT2D eigenvalue weighted by Crippen LogP contribution is 2.10. The van der Waals surface area contributed by atoms with Gasteiger partial charge in [0.15, 0.2) is 0 Å². The molecule has 4 nitrogen and oxygen atoms in total. The number of carbonyl (C=O) groups excluding carboxylic acids is 1. The van der Waals surface area contributed by atoms with Crippen molar-refractivity contribution in [1.82, 2.24) is 0 Å². The molecule has 0 aromatic heterocycles. The number of carbonyl (C=O) groups is 1. The van der Waals surface area contributed by atoms with Gasteiger partial charge in [-0.3, -0.25) is 4.79 Å². The van der Waals surface area contributed by atoms with E-state index in [1.54, 1.807) is 6.07 Å². The lowest BCUT2D eigenvalue weighted by Gasteiger charge is -2.01. The lowest BCUT2D eigenvalue weighted by atomic mass is 10.4. The SMILES string of the molecule is CC(=O)OS(=O)(=O)c1[c]cccc1. The van der Waals surface area contributed by atoms with E-state index in [9.17, 15) is 13.2 Å². The van der Waals surface area contributed by atoms with E-state index in [4.69, 9.17) is 0 Å². The summed E-state index contributed by atoms with van der Waals surface area (Å²) in [4.78, 5) is 10.3. The lowest BCUT2D eigenvalue weighted by molar-refractivity contribution is -0.131. The highest BCUT2D eigenvalue weighted by atomic mass is 32.2. The molecule has 13 heavy (non-hydrogen) atoms. The Morgan fingerprint density at radius 1 is 1.46 bits per heavy atom. The molecule has 5 heteroatoms. The van der Waals surface area contributed by atoms with E-state index in [-0.39, 0.29) is 4.90 Å². The fraction of sp³-hybridized carbons (Fsp3) is 0.125. The van der Waals surface area contributed by atoms with Crippen molar-refractivity contribution < 1.29 is 17.4 Å². The van der Waals surface area contributed by atoms with Crippen LogP contribution in [0, 0.1) is 6.07 Å². The molecule has 0 amide bonds. The average Bonchev–Trinajstić information content (AvgIpc) is 2.04. The maximum atomic E-state index is 11.2. The molecular formula is C8H7O4S. The molecule has 0 fully saturated rings. The molecule has 0 aliphatic rings. The van der Waals surface area contributed by atoms with Crippen LogP contribution < -0.4 is 0 Å². The molecule has 1 radical (unpaired) electrons. The van der Waals surface area contributed by atoms with Gasteiger partial charge in [-0.2, -0.15) is 8.42 Å². The maximum absolute atomic E-state index is 11.2. The Labute approximate surface area is 76.3 Å². The molecule has 0 atom stereocenters. The molecule has 0 saturated heterocycles. The summed E-state index contributed by atoms with van der Waals surface area (Å²) in [5.74, 6) is -0.864. The zero-order valence-electron chi connectivity index (χ0n) is 6.85. The van der Waals surface area contributed by atoms with E-state index in [0.29, 0.717) is 0 Å². The summed E-state index contributed by atoms with van der Waals surface area (Å²) in [6, 6.07) is 8.32. The number of benzene rings is 1. The second kappa shape index (κ2) is 3.57. The third-order valence-corrected chi connectivity index (χ3v) is 2.42. The molecular weight excluding hydrogens is 192 g/mol. The van der Waals surface area contributed by atoms with Gasteiger partial charge >= 0.3 is 16.1 Å². The summed E-state index contributed by atoms with van der Waals surface area (Å²) in [5, 5.41) is 0. The van der Waals surface area contributed by atoms with Crippen LogP contribution in [0.4, 0.5) is 0 Å². The van der Waals surface area contributed by atoms with Crippen LogP contribution in [0.3, 0.4) is 0 Å². The fourth-order valence-electron chi connectivity index (χ4n) is 0.732. The van der Waals surface area contributed by atoms with E-state index in [2.05, 4.69) is 10.2 Å². The first kappa shape index (κ1) is 9.73. The summed E-state index contributed by atoms with van der Waals surface area (Å²) < 4.78 is 26.5. The lowest BCUT2D eigenvalue weighted by Crippen LogP contribution is -2.10. The van der Waals surface area contributed by atoms with Gasteiger partial charge in [0.05, 0.1) is 0 Å². The Hall–Kier alpha value is -1.36. The van der Waals surface area contributed by atoms with Crippen molar-refractivity contribution >= 4 is 16.1 Å². The quantitative estimate of drug-likeness (QED) is 0.659. The normalized spacial score (nSPS) is 10.8. The third kappa shape index (κ3) is 2.55. The number of hydrogen-bond donors (Lipinski definition) is 0. The third-order valence-electron chi connectivity index (χ3n) is 1.18. The summed E-state index contributed by atoms with van der Waals surface area (Å²) in [7, 11) is -3.96. The number of rotatable bonds is 2. The van der Waals surface area contributed by atoms with Gasteiger partial charge in [0, 0.05) is 13.0 Å². The minimum atomic E-state index is -3.96. The second-order valence-electron chi connectivity index (χ2n) is 2.26. The topological polar surface area (TPSA) is 60.4 Å². The van der Waals surface area contributed by atoms with Crippen molar-refractivity contribution in [3.8, 4) is 0 Å². The molecule has 69 valence electrons. The van der Waals surface area contributed by atoms with Crippen molar-refractivity contribution in [2.75, 3.05) is 0 Å². The molecule has 0 N–H and O–H groups in total. The maximum Gasteiger partial charge on any atom is 0.342 e. The van der Waals surface area contributed by atoms with E-state index < -0.39 is 16.1 Å². The monoisotopic (exact) mass is 199 g/mol. The average molecular weight is 199 g/mol. The molecule has 0 unspecified atom stereocenters. The van der Waals surface area contributed by atoms with E-state index in [1.165, 1.54) is 18.2 Å². The van der Waals surface area contributed by atoms with Gasteiger partial charge in [-0.25, -0.2) is 0 Å². The molecule has 1 aromatic rings. The Morgan fingerprint density at radius 3 is 2.62 bits per heavy atom. The standard InChI is InChI=1S/C8H7O4S/c1-7(9)12-13(10,11)8-5-3-2-4-6-8/h2-5H,1H3. The minimum Gasteiger partial charge on any atom is -0.343 e. The van der Waals surface area contributed by atoms with Gasteiger partial charge in [-0.05, 0) is 6.07 Å². The van der Waals surface area contributed by atoms with Crippen LogP contribution in [-0.4, -0.2) is 14.4 Å². The highest BCUT2D eigenvalue weighted by Gasteiger charge is 2.16.